The number of carbonyl (C=O) groups excluding carboxylic acids is 2. The molecule has 138 valence electrons. The predicted molar refractivity (Wildman–Crippen MR) is 109 cm³/mol. The summed E-state index contributed by atoms with van der Waals surface area (Å²) in [5.74, 6) is -0.396. The normalized spacial score (nSPS) is 10.4. The average molecular weight is 417 g/mol. The first kappa shape index (κ1) is 20.2. The van der Waals surface area contributed by atoms with Crippen LogP contribution in [0.25, 0.3) is 0 Å². The van der Waals surface area contributed by atoms with E-state index in [9.17, 15) is 9.59 Å². The molecule has 0 spiro atoms. The maximum atomic E-state index is 12.0. The van der Waals surface area contributed by atoms with Gasteiger partial charge >= 0.3 is 0 Å². The Hall–Kier alpha value is -2.14. The third-order valence-corrected chi connectivity index (χ3v) is 4.61. The third-order valence-electron chi connectivity index (χ3n) is 4.12. The van der Waals surface area contributed by atoms with Gasteiger partial charge in [0.2, 0.25) is 11.8 Å². The third kappa shape index (κ3) is 6.64. The minimum Gasteiger partial charge on any atom is -0.347 e. The molecule has 4 nitrogen and oxygen atoms in total. The summed E-state index contributed by atoms with van der Waals surface area (Å²) in [6.45, 7) is 4.05. The van der Waals surface area contributed by atoms with Crippen molar-refractivity contribution < 1.29 is 9.59 Å². The van der Waals surface area contributed by atoms with Crippen molar-refractivity contribution in [3.05, 3.63) is 63.6 Å². The number of nitrogens with one attached hydrogen (secondary N) is 2. The molecule has 26 heavy (non-hydrogen) atoms. The van der Waals surface area contributed by atoms with Gasteiger partial charge in [-0.25, -0.2) is 0 Å². The molecule has 0 aliphatic carbocycles. The van der Waals surface area contributed by atoms with E-state index in [4.69, 9.17) is 0 Å². The van der Waals surface area contributed by atoms with Crippen molar-refractivity contribution in [1.29, 1.82) is 0 Å². The SMILES string of the molecule is CCCCc1ccc(CC(=O)NCC(=O)Nc2ccc(Br)cc2C)cc1. The number of amides is 2. The van der Waals surface area contributed by atoms with Gasteiger partial charge in [-0.05, 0) is 54.7 Å². The molecule has 2 N–H and O–H groups in total. The molecule has 0 saturated heterocycles. The Labute approximate surface area is 163 Å². The molecule has 0 heterocycles. The maximum absolute atomic E-state index is 12.0. The zero-order valence-corrected chi connectivity index (χ0v) is 16.9. The van der Waals surface area contributed by atoms with E-state index in [0.717, 1.165) is 27.7 Å². The van der Waals surface area contributed by atoms with Crippen molar-refractivity contribution in [2.75, 3.05) is 11.9 Å². The van der Waals surface area contributed by atoms with Crippen LogP contribution in [0.5, 0.6) is 0 Å². The van der Waals surface area contributed by atoms with Crippen molar-refractivity contribution in [3.63, 3.8) is 0 Å². The molecule has 2 rings (SSSR count). The van der Waals surface area contributed by atoms with E-state index in [2.05, 4.69) is 45.6 Å². The van der Waals surface area contributed by atoms with Gasteiger partial charge in [0.1, 0.15) is 0 Å². The highest BCUT2D eigenvalue weighted by Crippen LogP contribution is 2.19. The molecular formula is C21H25BrN2O2. The zero-order valence-electron chi connectivity index (χ0n) is 15.3. The fourth-order valence-electron chi connectivity index (χ4n) is 2.59. The minimum atomic E-state index is -0.237. The van der Waals surface area contributed by atoms with E-state index in [0.29, 0.717) is 0 Å². The van der Waals surface area contributed by atoms with Crippen LogP contribution in [-0.2, 0) is 22.4 Å². The first-order valence-corrected chi connectivity index (χ1v) is 9.67. The second-order valence-corrected chi connectivity index (χ2v) is 7.30. The summed E-state index contributed by atoms with van der Waals surface area (Å²) in [5.41, 5.74) is 3.95. The summed E-state index contributed by atoms with van der Waals surface area (Å²) in [6.07, 6.45) is 3.69. The highest BCUT2D eigenvalue weighted by atomic mass is 79.9. The molecular weight excluding hydrogens is 392 g/mol. The molecule has 0 unspecified atom stereocenters. The Kier molecular flexibility index (Phi) is 7.85. The van der Waals surface area contributed by atoms with Crippen LogP contribution in [0.2, 0.25) is 0 Å². The van der Waals surface area contributed by atoms with Crippen LogP contribution in [0, 0.1) is 6.92 Å². The van der Waals surface area contributed by atoms with Crippen molar-refractivity contribution in [2.24, 2.45) is 0 Å². The lowest BCUT2D eigenvalue weighted by Gasteiger charge is -2.10. The molecule has 0 bridgehead atoms. The monoisotopic (exact) mass is 416 g/mol. The number of hydrogen-bond donors (Lipinski definition) is 2. The van der Waals surface area contributed by atoms with Crippen LogP contribution in [0.15, 0.2) is 46.9 Å². The molecule has 2 aromatic rings. The number of aryl methyl sites for hydroxylation is 2. The number of rotatable bonds is 8. The van der Waals surface area contributed by atoms with Gasteiger partial charge in [-0.3, -0.25) is 9.59 Å². The lowest BCUT2D eigenvalue weighted by atomic mass is 10.0. The highest BCUT2D eigenvalue weighted by molar-refractivity contribution is 9.10. The summed E-state index contributed by atoms with van der Waals surface area (Å²) in [6, 6.07) is 13.7. The minimum absolute atomic E-state index is 0.0388. The van der Waals surface area contributed by atoms with E-state index in [1.165, 1.54) is 18.4 Å². The summed E-state index contributed by atoms with van der Waals surface area (Å²) < 4.78 is 0.960. The van der Waals surface area contributed by atoms with E-state index in [1.54, 1.807) is 0 Å². The Morgan fingerprint density at radius 3 is 2.35 bits per heavy atom. The van der Waals surface area contributed by atoms with Crippen LogP contribution < -0.4 is 10.6 Å². The predicted octanol–water partition coefficient (Wildman–Crippen LogP) is 4.40. The van der Waals surface area contributed by atoms with E-state index < -0.39 is 0 Å². The fraction of sp³-hybridized carbons (Fsp3) is 0.333. The van der Waals surface area contributed by atoms with Gasteiger partial charge in [-0.2, -0.15) is 0 Å². The lowest BCUT2D eigenvalue weighted by Crippen LogP contribution is -2.33. The highest BCUT2D eigenvalue weighted by Gasteiger charge is 2.08. The Balaban J connectivity index is 1.78. The van der Waals surface area contributed by atoms with Gasteiger partial charge in [-0.15, -0.1) is 0 Å². The number of benzene rings is 2. The molecule has 0 aliphatic heterocycles. The Morgan fingerprint density at radius 1 is 1.00 bits per heavy atom. The fourth-order valence-corrected chi connectivity index (χ4v) is 3.07. The lowest BCUT2D eigenvalue weighted by molar-refractivity contribution is -0.123. The van der Waals surface area contributed by atoms with Crippen LogP contribution in [0.1, 0.15) is 36.5 Å². The number of halogens is 1. The number of carbonyl (C=O) groups is 2. The smallest absolute Gasteiger partial charge is 0.243 e. The molecule has 0 atom stereocenters. The molecule has 2 aromatic carbocycles. The van der Waals surface area contributed by atoms with Gasteiger partial charge < -0.3 is 10.6 Å². The summed E-state index contributed by atoms with van der Waals surface area (Å²) in [7, 11) is 0. The molecule has 0 aromatic heterocycles. The van der Waals surface area contributed by atoms with Crippen molar-refractivity contribution in [2.45, 2.75) is 39.5 Å². The Bertz CT molecular complexity index is 757. The molecule has 5 heteroatoms. The summed E-state index contributed by atoms with van der Waals surface area (Å²) >= 11 is 3.39. The number of anilines is 1. The second kappa shape index (κ2) is 10.1. The zero-order chi connectivity index (χ0) is 18.9. The van der Waals surface area contributed by atoms with Crippen LogP contribution in [0.3, 0.4) is 0 Å². The molecule has 0 saturated carbocycles. The average Bonchev–Trinajstić information content (AvgIpc) is 2.62. The van der Waals surface area contributed by atoms with Gasteiger partial charge in [0.25, 0.3) is 0 Å². The first-order valence-electron chi connectivity index (χ1n) is 8.88. The molecule has 0 aliphatic rings. The van der Waals surface area contributed by atoms with Gasteiger partial charge in [0.15, 0.2) is 0 Å². The number of hydrogen-bond acceptors (Lipinski definition) is 2. The standard InChI is InChI=1S/C21H25BrN2O2/c1-3-4-5-16-6-8-17(9-7-16)13-20(25)23-14-21(26)24-19-11-10-18(22)12-15(19)2/h6-12H,3-5,13-14H2,1-2H3,(H,23,25)(H,24,26). The van der Waals surface area contributed by atoms with Crippen molar-refractivity contribution >= 4 is 33.4 Å². The first-order chi connectivity index (χ1) is 12.5. The van der Waals surface area contributed by atoms with Gasteiger partial charge in [-0.1, -0.05) is 53.5 Å². The number of unbranched alkanes of at least 4 members (excludes halogenated alkanes) is 1. The van der Waals surface area contributed by atoms with E-state index in [1.807, 2.05) is 37.3 Å². The van der Waals surface area contributed by atoms with E-state index >= 15 is 0 Å². The van der Waals surface area contributed by atoms with Gasteiger partial charge in [0.05, 0.1) is 13.0 Å². The largest absolute Gasteiger partial charge is 0.347 e. The summed E-state index contributed by atoms with van der Waals surface area (Å²) in [4.78, 5) is 24.1. The second-order valence-electron chi connectivity index (χ2n) is 6.38. The topological polar surface area (TPSA) is 58.2 Å². The van der Waals surface area contributed by atoms with Gasteiger partial charge in [0, 0.05) is 10.2 Å². The van der Waals surface area contributed by atoms with Crippen LogP contribution >= 0.6 is 15.9 Å². The molecule has 0 radical (unpaired) electrons. The molecule has 2 amide bonds. The van der Waals surface area contributed by atoms with Crippen LogP contribution in [0.4, 0.5) is 5.69 Å². The van der Waals surface area contributed by atoms with Crippen molar-refractivity contribution in [3.8, 4) is 0 Å². The van der Waals surface area contributed by atoms with E-state index in [-0.39, 0.29) is 24.8 Å². The van der Waals surface area contributed by atoms with Crippen LogP contribution in [-0.4, -0.2) is 18.4 Å². The Morgan fingerprint density at radius 2 is 1.69 bits per heavy atom. The molecule has 0 fully saturated rings. The maximum Gasteiger partial charge on any atom is 0.243 e. The summed E-state index contributed by atoms with van der Waals surface area (Å²) in [5, 5.41) is 5.48. The van der Waals surface area contributed by atoms with Crippen molar-refractivity contribution in [1.82, 2.24) is 5.32 Å². The quantitative estimate of drug-likeness (QED) is 0.669.